The lowest BCUT2D eigenvalue weighted by Crippen LogP contribution is -2.50. The minimum atomic E-state index is -0.416. The lowest BCUT2D eigenvalue weighted by atomic mass is 9.79. The third-order valence-electron chi connectivity index (χ3n) is 6.17. The van der Waals surface area contributed by atoms with Crippen LogP contribution in [-0.2, 0) is 6.54 Å². The second-order valence-corrected chi connectivity index (χ2v) is 8.00. The second kappa shape index (κ2) is 9.33. The van der Waals surface area contributed by atoms with Crippen molar-refractivity contribution in [2.75, 3.05) is 18.6 Å². The zero-order chi connectivity index (χ0) is 20.9. The number of ether oxygens (including phenoxy) is 1. The Morgan fingerprint density at radius 3 is 2.33 bits per heavy atom. The lowest BCUT2D eigenvalue weighted by molar-refractivity contribution is 0.144. The molecule has 0 bridgehead atoms. The van der Waals surface area contributed by atoms with Crippen molar-refractivity contribution in [2.24, 2.45) is 11.7 Å². The Bertz CT molecular complexity index is 926. The van der Waals surface area contributed by atoms with Gasteiger partial charge in [0.25, 0.3) is 0 Å². The van der Waals surface area contributed by atoms with Crippen LogP contribution in [0.15, 0.2) is 78.9 Å². The number of nitrogens with two attached hydrogens (primary N) is 1. The Kier molecular flexibility index (Phi) is 6.36. The van der Waals surface area contributed by atoms with Crippen molar-refractivity contribution >= 4 is 5.69 Å². The van der Waals surface area contributed by atoms with Crippen LogP contribution in [0.2, 0.25) is 0 Å². The first-order chi connectivity index (χ1) is 14.7. The summed E-state index contributed by atoms with van der Waals surface area (Å²) in [7, 11) is 1.69. The highest BCUT2D eigenvalue weighted by Crippen LogP contribution is 2.45. The zero-order valence-electron chi connectivity index (χ0n) is 17.4. The number of benzene rings is 3. The predicted molar refractivity (Wildman–Crippen MR) is 122 cm³/mol. The molecule has 0 saturated carbocycles. The number of hydrogen-bond donors (Lipinski definition) is 2. The van der Waals surface area contributed by atoms with Gasteiger partial charge in [0, 0.05) is 24.7 Å². The van der Waals surface area contributed by atoms with Crippen LogP contribution in [0.5, 0.6) is 5.75 Å². The molecule has 4 heteroatoms. The van der Waals surface area contributed by atoms with E-state index in [1.165, 1.54) is 11.3 Å². The van der Waals surface area contributed by atoms with Crippen molar-refractivity contribution in [3.8, 4) is 5.75 Å². The Hall–Kier alpha value is -2.82. The van der Waals surface area contributed by atoms with Gasteiger partial charge in [0.05, 0.1) is 19.3 Å². The summed E-state index contributed by atoms with van der Waals surface area (Å²) in [4.78, 5) is 2.45. The molecule has 1 aliphatic heterocycles. The monoisotopic (exact) mass is 402 g/mol. The fraction of sp³-hybridized carbons (Fsp3) is 0.308. The number of aliphatic hydroxyl groups is 1. The van der Waals surface area contributed by atoms with Crippen molar-refractivity contribution in [1.29, 1.82) is 0 Å². The maximum absolute atomic E-state index is 10.6. The van der Waals surface area contributed by atoms with E-state index < -0.39 is 6.10 Å². The minimum Gasteiger partial charge on any atom is -0.497 e. The molecular formula is C26H30N2O2. The van der Waals surface area contributed by atoms with Crippen LogP contribution in [0.25, 0.3) is 0 Å². The molecule has 1 heterocycles. The van der Waals surface area contributed by atoms with Crippen molar-refractivity contribution < 1.29 is 9.84 Å². The summed E-state index contributed by atoms with van der Waals surface area (Å²) < 4.78 is 5.33. The first kappa shape index (κ1) is 20.5. The third-order valence-corrected chi connectivity index (χ3v) is 6.17. The number of methoxy groups -OCH3 is 1. The highest BCUT2D eigenvalue weighted by atomic mass is 16.5. The highest BCUT2D eigenvalue weighted by molar-refractivity contribution is 5.54. The molecule has 3 N–H and O–H groups in total. The van der Waals surface area contributed by atoms with Crippen LogP contribution in [0.1, 0.15) is 41.7 Å². The minimum absolute atomic E-state index is 0.294. The molecule has 4 rings (SSSR count). The molecule has 3 atom stereocenters. The average molecular weight is 403 g/mol. The zero-order valence-corrected chi connectivity index (χ0v) is 17.4. The standard InChI is InChI=1S/C26H30N2O2/c1-30-24-14-9-21(10-15-24)26-22(11-16-25(29)20-5-3-2-4-6-20)18-28(26)23-12-7-19(17-27)8-13-23/h2-10,12-15,22,25-26,29H,11,16-18,27H2,1H3. The summed E-state index contributed by atoms with van der Waals surface area (Å²) in [6.45, 7) is 1.54. The van der Waals surface area contributed by atoms with Crippen LogP contribution >= 0.6 is 0 Å². The smallest absolute Gasteiger partial charge is 0.118 e. The van der Waals surface area contributed by atoms with E-state index in [0.29, 0.717) is 18.5 Å². The molecule has 1 saturated heterocycles. The first-order valence-electron chi connectivity index (χ1n) is 10.6. The molecule has 0 spiro atoms. The van der Waals surface area contributed by atoms with Crippen LogP contribution in [0.3, 0.4) is 0 Å². The topological polar surface area (TPSA) is 58.7 Å². The Labute approximate surface area is 178 Å². The van der Waals surface area contributed by atoms with Gasteiger partial charge in [0.2, 0.25) is 0 Å². The maximum atomic E-state index is 10.6. The SMILES string of the molecule is COc1ccc(C2C(CCC(O)c3ccccc3)CN2c2ccc(CN)cc2)cc1. The van der Waals surface area contributed by atoms with E-state index >= 15 is 0 Å². The molecule has 3 aromatic carbocycles. The molecule has 4 nitrogen and oxygen atoms in total. The van der Waals surface area contributed by atoms with Gasteiger partial charge in [-0.15, -0.1) is 0 Å². The quantitative estimate of drug-likeness (QED) is 0.566. The summed E-state index contributed by atoms with van der Waals surface area (Å²) in [5.74, 6) is 1.36. The van der Waals surface area contributed by atoms with Crippen molar-refractivity contribution in [1.82, 2.24) is 0 Å². The van der Waals surface area contributed by atoms with E-state index in [1.54, 1.807) is 7.11 Å². The highest BCUT2D eigenvalue weighted by Gasteiger charge is 2.39. The number of anilines is 1. The van der Waals surface area contributed by atoms with Gasteiger partial charge in [-0.3, -0.25) is 0 Å². The molecule has 0 aromatic heterocycles. The number of hydrogen-bond acceptors (Lipinski definition) is 4. The maximum Gasteiger partial charge on any atom is 0.118 e. The van der Waals surface area contributed by atoms with Gasteiger partial charge in [-0.1, -0.05) is 54.6 Å². The summed E-state index contributed by atoms with van der Waals surface area (Å²) in [5, 5.41) is 10.6. The largest absolute Gasteiger partial charge is 0.497 e. The van der Waals surface area contributed by atoms with Gasteiger partial charge in [-0.2, -0.15) is 0 Å². The number of rotatable bonds is 8. The summed E-state index contributed by atoms with van der Waals surface area (Å²) in [6.07, 6.45) is 1.33. The van der Waals surface area contributed by atoms with Crippen molar-refractivity contribution in [3.05, 3.63) is 95.6 Å². The number of nitrogens with zero attached hydrogens (tertiary/aromatic N) is 1. The van der Waals surface area contributed by atoms with Crippen LogP contribution in [-0.4, -0.2) is 18.8 Å². The number of aliphatic hydroxyl groups excluding tert-OH is 1. The van der Waals surface area contributed by atoms with Gasteiger partial charge in [0.15, 0.2) is 0 Å². The van der Waals surface area contributed by atoms with Crippen molar-refractivity contribution in [3.63, 3.8) is 0 Å². The fourth-order valence-corrected chi connectivity index (χ4v) is 4.39. The van der Waals surface area contributed by atoms with Gasteiger partial charge in [-0.05, 0) is 53.8 Å². The van der Waals surface area contributed by atoms with E-state index in [4.69, 9.17) is 10.5 Å². The van der Waals surface area contributed by atoms with Crippen LogP contribution in [0, 0.1) is 5.92 Å². The van der Waals surface area contributed by atoms with Crippen LogP contribution < -0.4 is 15.4 Å². The molecule has 1 aliphatic rings. The predicted octanol–water partition coefficient (Wildman–Crippen LogP) is 4.85. The molecule has 3 unspecified atom stereocenters. The van der Waals surface area contributed by atoms with Crippen LogP contribution in [0.4, 0.5) is 5.69 Å². The molecule has 156 valence electrons. The third kappa shape index (κ3) is 4.35. The first-order valence-corrected chi connectivity index (χ1v) is 10.6. The normalized spacial score (nSPS) is 19.2. The molecule has 3 aromatic rings. The molecule has 0 radical (unpaired) electrons. The molecule has 0 aliphatic carbocycles. The molecule has 30 heavy (non-hydrogen) atoms. The van der Waals surface area contributed by atoms with E-state index in [1.807, 2.05) is 42.5 Å². The van der Waals surface area contributed by atoms with Gasteiger partial charge in [-0.25, -0.2) is 0 Å². The summed E-state index contributed by atoms with van der Waals surface area (Å²) in [5.41, 5.74) is 10.4. The van der Waals surface area contributed by atoms with Gasteiger partial charge < -0.3 is 20.5 Å². The van der Waals surface area contributed by atoms with Gasteiger partial charge >= 0.3 is 0 Å². The molecule has 0 amide bonds. The van der Waals surface area contributed by atoms with E-state index in [0.717, 1.165) is 36.3 Å². The summed E-state index contributed by atoms with van der Waals surface area (Å²) >= 11 is 0. The van der Waals surface area contributed by atoms with E-state index in [-0.39, 0.29) is 0 Å². The lowest BCUT2D eigenvalue weighted by Gasteiger charge is -2.50. The van der Waals surface area contributed by atoms with Gasteiger partial charge in [0.1, 0.15) is 5.75 Å². The summed E-state index contributed by atoms with van der Waals surface area (Å²) in [6, 6.07) is 27.1. The van der Waals surface area contributed by atoms with E-state index in [2.05, 4.69) is 41.3 Å². The Balaban J connectivity index is 1.50. The van der Waals surface area contributed by atoms with E-state index in [9.17, 15) is 5.11 Å². The fourth-order valence-electron chi connectivity index (χ4n) is 4.39. The Morgan fingerprint density at radius 2 is 1.70 bits per heavy atom. The molecule has 1 fully saturated rings. The second-order valence-electron chi connectivity index (χ2n) is 8.00. The average Bonchev–Trinajstić information content (AvgIpc) is 2.79. The van der Waals surface area contributed by atoms with Crippen molar-refractivity contribution in [2.45, 2.75) is 31.5 Å². The Morgan fingerprint density at radius 1 is 1.00 bits per heavy atom. The molecular weight excluding hydrogens is 372 g/mol.